The predicted octanol–water partition coefficient (Wildman–Crippen LogP) is 0.679. The number of benzene rings is 1. The summed E-state index contributed by atoms with van der Waals surface area (Å²) in [7, 11) is 0. The summed E-state index contributed by atoms with van der Waals surface area (Å²) < 4.78 is 11.1. The van der Waals surface area contributed by atoms with Crippen LogP contribution in [0.5, 0.6) is 5.75 Å². The molecule has 0 bridgehead atoms. The summed E-state index contributed by atoms with van der Waals surface area (Å²) in [6.45, 7) is 3.42. The van der Waals surface area contributed by atoms with Crippen LogP contribution in [0.15, 0.2) is 24.3 Å². The van der Waals surface area contributed by atoms with Gasteiger partial charge in [-0.05, 0) is 25.0 Å². The molecule has 1 fully saturated rings. The minimum atomic E-state index is 0.413. The Hall–Kier alpha value is -1.57. The van der Waals surface area contributed by atoms with E-state index < -0.39 is 0 Å². The molecule has 0 spiro atoms. The minimum Gasteiger partial charge on any atom is -0.486 e. The molecule has 1 aliphatic heterocycles. The van der Waals surface area contributed by atoms with E-state index in [9.17, 15) is 0 Å². The highest BCUT2D eigenvalue weighted by Gasteiger charge is 2.16. The van der Waals surface area contributed by atoms with E-state index in [1.165, 1.54) is 12.8 Å². The maximum atomic E-state index is 8.91. The van der Waals surface area contributed by atoms with Crippen molar-refractivity contribution < 1.29 is 14.8 Å². The van der Waals surface area contributed by atoms with Crippen LogP contribution >= 0.6 is 0 Å². The monoisotopic (exact) mass is 247 g/mol. The first kappa shape index (κ1) is 12.9. The summed E-state index contributed by atoms with van der Waals surface area (Å²) in [4.78, 5) is 0. The van der Waals surface area contributed by atoms with Crippen LogP contribution in [-0.2, 0) is 4.74 Å². The van der Waals surface area contributed by atoms with Gasteiger partial charge in [0.1, 0.15) is 37.6 Å². The van der Waals surface area contributed by atoms with Crippen molar-refractivity contribution in [3.05, 3.63) is 29.8 Å². The fourth-order valence-corrected chi connectivity index (χ4v) is 2.07. The molecule has 0 unspecified atom stereocenters. The van der Waals surface area contributed by atoms with Gasteiger partial charge in [-0.1, -0.05) is 12.1 Å². The van der Waals surface area contributed by atoms with Gasteiger partial charge in [0.2, 0.25) is 0 Å². The summed E-state index contributed by atoms with van der Waals surface area (Å²) in [6.07, 6.45) is 2.77. The molecular formula is C14H19N2O2+. The Kier molecular flexibility index (Phi) is 5.00. The molecular weight excluding hydrogens is 228 g/mol. The minimum absolute atomic E-state index is 0.413. The lowest BCUT2D eigenvalue weighted by atomic mass is 10.2. The molecule has 1 aromatic carbocycles. The highest BCUT2D eigenvalue weighted by atomic mass is 16.5. The standard InChI is InChI=1S/C14H18N2O2/c15-10-12-4-1-2-6-14(12)18-9-7-16-11-13-5-3-8-17-13/h1-2,4,6,13,16H,3,5,7-9,11H2/p+1/t13-/m1/s1. The van der Waals surface area contributed by atoms with Gasteiger partial charge in [-0.3, -0.25) is 0 Å². The highest BCUT2D eigenvalue weighted by molar-refractivity contribution is 5.42. The second-order valence-corrected chi connectivity index (χ2v) is 4.40. The van der Waals surface area contributed by atoms with Crippen molar-refractivity contribution in [2.45, 2.75) is 18.9 Å². The van der Waals surface area contributed by atoms with Gasteiger partial charge in [0, 0.05) is 6.61 Å². The van der Waals surface area contributed by atoms with E-state index in [4.69, 9.17) is 14.7 Å². The molecule has 0 amide bonds. The zero-order valence-electron chi connectivity index (χ0n) is 10.5. The molecule has 2 rings (SSSR count). The molecule has 96 valence electrons. The number of quaternary nitrogens is 1. The first-order chi connectivity index (χ1) is 8.90. The molecule has 1 aliphatic rings. The van der Waals surface area contributed by atoms with Crippen LogP contribution in [0.3, 0.4) is 0 Å². The molecule has 0 aromatic heterocycles. The highest BCUT2D eigenvalue weighted by Crippen LogP contribution is 2.15. The average molecular weight is 247 g/mol. The maximum Gasteiger partial charge on any atom is 0.137 e. The zero-order valence-corrected chi connectivity index (χ0v) is 10.5. The van der Waals surface area contributed by atoms with Crippen LogP contribution in [0, 0.1) is 11.3 Å². The van der Waals surface area contributed by atoms with Crippen LogP contribution in [0.25, 0.3) is 0 Å². The smallest absolute Gasteiger partial charge is 0.137 e. The maximum absolute atomic E-state index is 8.91. The zero-order chi connectivity index (χ0) is 12.6. The van der Waals surface area contributed by atoms with E-state index in [-0.39, 0.29) is 0 Å². The number of hydrogen-bond donors (Lipinski definition) is 1. The molecule has 4 heteroatoms. The Bertz CT molecular complexity index is 409. The third-order valence-electron chi connectivity index (χ3n) is 3.04. The molecule has 1 saturated heterocycles. The SMILES string of the molecule is N#Cc1ccccc1OCC[NH2+]C[C@H]1CCCO1. The average Bonchev–Trinajstić information content (AvgIpc) is 2.92. The number of nitrogens with zero attached hydrogens (tertiary/aromatic N) is 1. The van der Waals surface area contributed by atoms with Crippen molar-refractivity contribution >= 4 is 0 Å². The summed E-state index contributed by atoms with van der Waals surface area (Å²) in [6, 6.07) is 9.45. The summed E-state index contributed by atoms with van der Waals surface area (Å²) in [5, 5.41) is 11.1. The van der Waals surface area contributed by atoms with Gasteiger partial charge in [-0.15, -0.1) is 0 Å². The quantitative estimate of drug-likeness (QED) is 0.752. The van der Waals surface area contributed by atoms with Gasteiger partial charge in [-0.25, -0.2) is 0 Å². The lowest BCUT2D eigenvalue weighted by Gasteiger charge is -2.09. The Morgan fingerprint density at radius 2 is 2.33 bits per heavy atom. The predicted molar refractivity (Wildman–Crippen MR) is 67.3 cm³/mol. The van der Waals surface area contributed by atoms with Crippen LogP contribution < -0.4 is 10.1 Å². The Morgan fingerprint density at radius 1 is 1.44 bits per heavy atom. The van der Waals surface area contributed by atoms with Gasteiger partial charge >= 0.3 is 0 Å². The van der Waals surface area contributed by atoms with Crippen LogP contribution in [0.1, 0.15) is 18.4 Å². The van der Waals surface area contributed by atoms with Crippen molar-refractivity contribution in [2.24, 2.45) is 0 Å². The summed E-state index contributed by atoms with van der Waals surface area (Å²) >= 11 is 0. The fraction of sp³-hybridized carbons (Fsp3) is 0.500. The van der Waals surface area contributed by atoms with E-state index in [0.29, 0.717) is 24.0 Å². The second-order valence-electron chi connectivity index (χ2n) is 4.40. The number of nitrogens with two attached hydrogens (primary N) is 1. The number of para-hydroxylation sites is 1. The Morgan fingerprint density at radius 3 is 3.11 bits per heavy atom. The van der Waals surface area contributed by atoms with Gasteiger partial charge in [0.05, 0.1) is 5.56 Å². The number of nitriles is 1. The largest absolute Gasteiger partial charge is 0.486 e. The number of ether oxygens (including phenoxy) is 2. The van der Waals surface area contributed by atoms with E-state index in [0.717, 1.165) is 19.7 Å². The normalized spacial score (nSPS) is 18.5. The lowest BCUT2D eigenvalue weighted by Crippen LogP contribution is -2.87. The number of hydrogen-bond acceptors (Lipinski definition) is 3. The van der Waals surface area contributed by atoms with Crippen LogP contribution in [-0.4, -0.2) is 32.4 Å². The van der Waals surface area contributed by atoms with Crippen LogP contribution in [0.2, 0.25) is 0 Å². The molecule has 0 radical (unpaired) electrons. The second kappa shape index (κ2) is 7.00. The Balaban J connectivity index is 1.64. The third-order valence-corrected chi connectivity index (χ3v) is 3.04. The van der Waals surface area contributed by atoms with Crippen LogP contribution in [0.4, 0.5) is 0 Å². The first-order valence-electron chi connectivity index (χ1n) is 6.45. The molecule has 4 nitrogen and oxygen atoms in total. The topological polar surface area (TPSA) is 58.9 Å². The molecule has 2 N–H and O–H groups in total. The summed E-state index contributed by atoms with van der Waals surface area (Å²) in [5.41, 5.74) is 0.594. The Labute approximate surface area is 108 Å². The lowest BCUT2D eigenvalue weighted by molar-refractivity contribution is -0.661. The van der Waals surface area contributed by atoms with Crippen molar-refractivity contribution in [1.82, 2.24) is 0 Å². The molecule has 0 saturated carbocycles. The van der Waals surface area contributed by atoms with Crippen molar-refractivity contribution in [2.75, 3.05) is 26.3 Å². The van der Waals surface area contributed by atoms with Gasteiger partial charge in [0.15, 0.2) is 0 Å². The van der Waals surface area contributed by atoms with Crippen molar-refractivity contribution in [3.8, 4) is 11.8 Å². The van der Waals surface area contributed by atoms with Crippen molar-refractivity contribution in [3.63, 3.8) is 0 Å². The van der Waals surface area contributed by atoms with E-state index in [2.05, 4.69) is 11.4 Å². The van der Waals surface area contributed by atoms with Crippen molar-refractivity contribution in [1.29, 1.82) is 5.26 Å². The van der Waals surface area contributed by atoms with E-state index in [1.54, 1.807) is 6.07 Å². The van der Waals surface area contributed by atoms with Gasteiger partial charge in [0.25, 0.3) is 0 Å². The molecule has 1 atom stereocenters. The molecule has 1 aromatic rings. The number of rotatable bonds is 6. The molecule has 0 aliphatic carbocycles. The first-order valence-corrected chi connectivity index (χ1v) is 6.45. The fourth-order valence-electron chi connectivity index (χ4n) is 2.07. The molecule has 18 heavy (non-hydrogen) atoms. The summed E-state index contributed by atoms with van der Waals surface area (Å²) in [5.74, 6) is 0.672. The third kappa shape index (κ3) is 3.73. The van der Waals surface area contributed by atoms with E-state index >= 15 is 0 Å². The van der Waals surface area contributed by atoms with Gasteiger partial charge < -0.3 is 14.8 Å². The van der Waals surface area contributed by atoms with Gasteiger partial charge in [-0.2, -0.15) is 5.26 Å². The van der Waals surface area contributed by atoms with E-state index in [1.807, 2.05) is 18.2 Å². The molecule has 1 heterocycles.